The van der Waals surface area contributed by atoms with Gasteiger partial charge < -0.3 is 25.4 Å². The van der Waals surface area contributed by atoms with E-state index in [1.807, 2.05) is 4.90 Å². The van der Waals surface area contributed by atoms with Gasteiger partial charge in [0.1, 0.15) is 11.9 Å². The number of nitrogens with one attached hydrogen (secondary N) is 2. The topological polar surface area (TPSA) is 94.1 Å². The van der Waals surface area contributed by atoms with Crippen LogP contribution in [0, 0.1) is 17.7 Å². The first-order chi connectivity index (χ1) is 13.5. The van der Waals surface area contributed by atoms with Gasteiger partial charge in [-0.1, -0.05) is 0 Å². The van der Waals surface area contributed by atoms with Crippen LogP contribution in [0.4, 0.5) is 20.6 Å². The smallest absolute Gasteiger partial charge is 0.414 e. The van der Waals surface area contributed by atoms with E-state index in [4.69, 9.17) is 9.84 Å². The summed E-state index contributed by atoms with van der Waals surface area (Å²) in [6.07, 6.45) is -0.990. The third-order valence-electron chi connectivity index (χ3n) is 5.72. The van der Waals surface area contributed by atoms with Crippen LogP contribution in [0.15, 0.2) is 18.2 Å². The van der Waals surface area contributed by atoms with Gasteiger partial charge in [-0.3, -0.25) is 9.69 Å². The monoisotopic (exact) mass is 392 g/mol. The molecule has 1 aliphatic carbocycles. The average molecular weight is 392 g/mol. The molecule has 1 aromatic rings. The minimum atomic E-state index is -0.539. The number of amides is 2. The van der Waals surface area contributed by atoms with Crippen LogP contribution in [-0.4, -0.2) is 68.6 Å². The highest BCUT2D eigenvalue weighted by atomic mass is 19.1. The fourth-order valence-corrected chi connectivity index (χ4v) is 4.27. The lowest BCUT2D eigenvalue weighted by atomic mass is 10.2. The van der Waals surface area contributed by atoms with Crippen molar-refractivity contribution in [1.29, 1.82) is 0 Å². The summed E-state index contributed by atoms with van der Waals surface area (Å²) in [4.78, 5) is 26.5. The number of hydrogen-bond donors (Lipinski definition) is 3. The van der Waals surface area contributed by atoms with Gasteiger partial charge in [0.15, 0.2) is 0 Å². The predicted molar refractivity (Wildman–Crippen MR) is 101 cm³/mol. The predicted octanol–water partition coefficient (Wildman–Crippen LogP) is 0.303. The summed E-state index contributed by atoms with van der Waals surface area (Å²) in [5.74, 6) is 0.432. The molecule has 1 aromatic carbocycles. The fraction of sp³-hybridized carbons (Fsp3) is 0.579. The third-order valence-corrected chi connectivity index (χ3v) is 5.72. The molecular weight excluding hydrogens is 367 g/mol. The van der Waals surface area contributed by atoms with Crippen molar-refractivity contribution in [3.05, 3.63) is 24.0 Å². The number of rotatable bonds is 7. The number of hydrogen-bond acceptors (Lipinski definition) is 6. The number of carbonyl (C=O) groups is 2. The van der Waals surface area contributed by atoms with Crippen LogP contribution in [0.3, 0.4) is 0 Å². The highest BCUT2D eigenvalue weighted by Crippen LogP contribution is 2.47. The van der Waals surface area contributed by atoms with Crippen molar-refractivity contribution in [1.82, 2.24) is 10.6 Å². The van der Waals surface area contributed by atoms with E-state index in [1.165, 1.54) is 17.9 Å². The number of aliphatic hydroxyl groups excluding tert-OH is 1. The number of carbonyl (C=O) groups excluding carboxylic acids is 2. The second kappa shape index (κ2) is 7.56. The maximum atomic E-state index is 14.7. The first kappa shape index (κ1) is 18.9. The quantitative estimate of drug-likeness (QED) is 0.618. The second-order valence-electron chi connectivity index (χ2n) is 7.63. The first-order valence-electron chi connectivity index (χ1n) is 9.59. The van der Waals surface area contributed by atoms with E-state index in [0.29, 0.717) is 35.8 Å². The second-order valence-corrected chi connectivity index (χ2v) is 7.63. The Kier molecular flexibility index (Phi) is 5.11. The normalized spacial score (nSPS) is 28.3. The zero-order chi connectivity index (χ0) is 19.8. The molecule has 2 heterocycles. The molecule has 2 aliphatic heterocycles. The lowest BCUT2D eigenvalue weighted by molar-refractivity contribution is -0.119. The van der Waals surface area contributed by atoms with Crippen LogP contribution in [0.2, 0.25) is 0 Å². The molecule has 0 radical (unpaired) electrons. The summed E-state index contributed by atoms with van der Waals surface area (Å²) in [7, 11) is 0. The molecule has 8 nitrogen and oxygen atoms in total. The zero-order valence-electron chi connectivity index (χ0n) is 15.7. The first-order valence-corrected chi connectivity index (χ1v) is 9.59. The highest BCUT2D eigenvalue weighted by Gasteiger charge is 2.55. The van der Waals surface area contributed by atoms with Crippen molar-refractivity contribution in [2.45, 2.75) is 19.1 Å². The summed E-state index contributed by atoms with van der Waals surface area (Å²) in [5.41, 5.74) is 0.989. The number of piperidine rings is 1. The SMILES string of the molecule is CC(=O)NC[C@H]1CN(c2ccc(N3CC4C(C3)C4NCCO)c(F)c2)C(=O)O1. The largest absolute Gasteiger partial charge is 0.442 e. The van der Waals surface area contributed by atoms with Crippen molar-refractivity contribution in [2.24, 2.45) is 11.8 Å². The van der Waals surface area contributed by atoms with Crippen LogP contribution in [-0.2, 0) is 9.53 Å². The number of anilines is 2. The molecule has 2 amide bonds. The summed E-state index contributed by atoms with van der Waals surface area (Å²) in [6.45, 7) is 4.19. The van der Waals surface area contributed by atoms with Gasteiger partial charge in [0, 0.05) is 32.6 Å². The molecule has 3 fully saturated rings. The molecule has 3 atom stereocenters. The Balaban J connectivity index is 1.37. The molecule has 2 saturated heterocycles. The van der Waals surface area contributed by atoms with E-state index >= 15 is 0 Å². The molecule has 3 aliphatic rings. The molecular formula is C19H25FN4O4. The average Bonchev–Trinajstić information content (AvgIpc) is 2.98. The molecule has 0 aromatic heterocycles. The van der Waals surface area contributed by atoms with E-state index in [9.17, 15) is 14.0 Å². The van der Waals surface area contributed by atoms with Gasteiger partial charge in [-0.2, -0.15) is 0 Å². The third kappa shape index (κ3) is 3.64. The van der Waals surface area contributed by atoms with Crippen molar-refractivity contribution < 1.29 is 23.8 Å². The lowest BCUT2D eigenvalue weighted by Crippen LogP contribution is -2.33. The molecule has 2 unspecified atom stereocenters. The van der Waals surface area contributed by atoms with E-state index < -0.39 is 12.2 Å². The van der Waals surface area contributed by atoms with Crippen LogP contribution in [0.25, 0.3) is 0 Å². The van der Waals surface area contributed by atoms with E-state index in [1.54, 1.807) is 12.1 Å². The van der Waals surface area contributed by atoms with Gasteiger partial charge in [-0.05, 0) is 30.0 Å². The van der Waals surface area contributed by atoms with Gasteiger partial charge in [-0.25, -0.2) is 9.18 Å². The molecule has 1 saturated carbocycles. The number of fused-ring (bicyclic) bond motifs is 1. The van der Waals surface area contributed by atoms with Gasteiger partial charge in [0.2, 0.25) is 5.91 Å². The Bertz CT molecular complexity index is 764. The van der Waals surface area contributed by atoms with Crippen molar-refractivity contribution >= 4 is 23.4 Å². The minimum Gasteiger partial charge on any atom is -0.442 e. The Hall–Kier alpha value is -2.39. The van der Waals surface area contributed by atoms with Gasteiger partial charge in [-0.15, -0.1) is 0 Å². The minimum absolute atomic E-state index is 0.125. The van der Waals surface area contributed by atoms with Crippen LogP contribution in [0.5, 0.6) is 0 Å². The molecule has 0 bridgehead atoms. The van der Waals surface area contributed by atoms with E-state index in [-0.39, 0.29) is 31.4 Å². The van der Waals surface area contributed by atoms with Crippen molar-refractivity contribution in [3.63, 3.8) is 0 Å². The summed E-state index contributed by atoms with van der Waals surface area (Å²) in [5, 5.41) is 14.8. The number of benzene rings is 1. The number of ether oxygens (including phenoxy) is 1. The van der Waals surface area contributed by atoms with E-state index in [0.717, 1.165) is 13.1 Å². The Morgan fingerprint density at radius 1 is 1.32 bits per heavy atom. The van der Waals surface area contributed by atoms with Crippen LogP contribution >= 0.6 is 0 Å². The number of cyclic esters (lactones) is 1. The van der Waals surface area contributed by atoms with Gasteiger partial charge in [0.05, 0.1) is 31.1 Å². The Morgan fingerprint density at radius 3 is 2.71 bits per heavy atom. The molecule has 28 heavy (non-hydrogen) atoms. The number of aliphatic hydroxyl groups is 1. The molecule has 152 valence electrons. The zero-order valence-corrected chi connectivity index (χ0v) is 15.7. The summed E-state index contributed by atoms with van der Waals surface area (Å²) >= 11 is 0. The van der Waals surface area contributed by atoms with Crippen LogP contribution < -0.4 is 20.4 Å². The molecule has 0 spiro atoms. The molecule has 3 N–H and O–H groups in total. The molecule has 9 heteroatoms. The van der Waals surface area contributed by atoms with Crippen molar-refractivity contribution in [2.75, 3.05) is 49.1 Å². The van der Waals surface area contributed by atoms with E-state index in [2.05, 4.69) is 10.6 Å². The standard InChI is InChI=1S/C19H25FN4O4/c1-11(26)22-7-13-8-24(19(27)28-13)12-2-3-17(16(20)6-12)23-9-14-15(10-23)18(14)21-4-5-25/h2-3,6,13-15,18,21,25H,4-5,7-10H2,1H3,(H,22,26)/t13-,14?,15?,18?/m0/s1. The van der Waals surface area contributed by atoms with Crippen LogP contribution in [0.1, 0.15) is 6.92 Å². The van der Waals surface area contributed by atoms with Gasteiger partial charge >= 0.3 is 6.09 Å². The maximum Gasteiger partial charge on any atom is 0.414 e. The maximum absolute atomic E-state index is 14.7. The Morgan fingerprint density at radius 2 is 2.07 bits per heavy atom. The summed E-state index contributed by atoms with van der Waals surface area (Å²) < 4.78 is 20.0. The molecule has 4 rings (SSSR count). The lowest BCUT2D eigenvalue weighted by Gasteiger charge is -2.24. The highest BCUT2D eigenvalue weighted by molar-refractivity contribution is 5.90. The van der Waals surface area contributed by atoms with Crippen molar-refractivity contribution in [3.8, 4) is 0 Å². The number of nitrogens with zero attached hydrogens (tertiary/aromatic N) is 2. The Labute approximate surface area is 162 Å². The number of halogens is 1. The fourth-order valence-electron chi connectivity index (χ4n) is 4.27. The van der Waals surface area contributed by atoms with Gasteiger partial charge in [0.25, 0.3) is 0 Å². The summed E-state index contributed by atoms with van der Waals surface area (Å²) in [6, 6.07) is 5.22.